The van der Waals surface area contributed by atoms with Crippen LogP contribution in [0.15, 0.2) is 24.3 Å². The number of halogens is 1. The van der Waals surface area contributed by atoms with Crippen LogP contribution < -0.4 is 4.90 Å². The first-order valence-electron chi connectivity index (χ1n) is 7.36. The summed E-state index contributed by atoms with van der Waals surface area (Å²) >= 11 is 5.87. The third-order valence-electron chi connectivity index (χ3n) is 3.76. The van der Waals surface area contributed by atoms with Gasteiger partial charge in [-0.2, -0.15) is 0 Å². The molecule has 1 aliphatic heterocycles. The van der Waals surface area contributed by atoms with Gasteiger partial charge in [-0.3, -0.25) is 0 Å². The van der Waals surface area contributed by atoms with Crippen molar-refractivity contribution in [3.8, 4) is 5.69 Å². The zero-order chi connectivity index (χ0) is 15.5. The average Bonchev–Trinajstić information content (AvgIpc) is 2.77. The molecular formula is C15H17ClN4O2. The van der Waals surface area contributed by atoms with Crippen LogP contribution >= 0.6 is 11.6 Å². The van der Waals surface area contributed by atoms with Crippen molar-refractivity contribution in [2.45, 2.75) is 25.7 Å². The molecule has 116 valence electrons. The standard InChI is InChI=1S/C15H17ClN4O2/c16-11-5-7-12(8-6-11)20-17-13(15(21)22)14(18-20)19-9-3-1-2-4-10-19/h5-8H,1-4,9-10H2,(H,21,22). The van der Waals surface area contributed by atoms with Crippen LogP contribution in [0.5, 0.6) is 0 Å². The van der Waals surface area contributed by atoms with Gasteiger partial charge in [0.05, 0.1) is 5.69 Å². The molecule has 0 radical (unpaired) electrons. The van der Waals surface area contributed by atoms with Gasteiger partial charge in [-0.25, -0.2) is 4.79 Å². The summed E-state index contributed by atoms with van der Waals surface area (Å²) in [4.78, 5) is 14.9. The Kier molecular flexibility index (Phi) is 4.29. The highest BCUT2D eigenvalue weighted by Crippen LogP contribution is 2.22. The van der Waals surface area contributed by atoms with Gasteiger partial charge in [-0.15, -0.1) is 15.0 Å². The van der Waals surface area contributed by atoms with E-state index >= 15 is 0 Å². The van der Waals surface area contributed by atoms with E-state index in [1.807, 2.05) is 4.90 Å². The molecule has 6 nitrogen and oxygen atoms in total. The van der Waals surface area contributed by atoms with Crippen LogP contribution in [0.3, 0.4) is 0 Å². The largest absolute Gasteiger partial charge is 0.476 e. The summed E-state index contributed by atoms with van der Waals surface area (Å²) in [6.45, 7) is 1.64. The molecule has 1 aliphatic rings. The molecule has 1 aromatic carbocycles. The van der Waals surface area contributed by atoms with Gasteiger partial charge in [-0.05, 0) is 37.1 Å². The third kappa shape index (κ3) is 3.06. The van der Waals surface area contributed by atoms with E-state index in [2.05, 4.69) is 10.2 Å². The van der Waals surface area contributed by atoms with E-state index < -0.39 is 5.97 Å². The second-order valence-corrected chi connectivity index (χ2v) is 5.78. The lowest BCUT2D eigenvalue weighted by molar-refractivity contribution is 0.0690. The van der Waals surface area contributed by atoms with Crippen LogP contribution in [-0.4, -0.2) is 39.2 Å². The van der Waals surface area contributed by atoms with E-state index in [1.54, 1.807) is 24.3 Å². The van der Waals surface area contributed by atoms with Crippen molar-refractivity contribution < 1.29 is 9.90 Å². The van der Waals surface area contributed by atoms with E-state index in [4.69, 9.17) is 11.6 Å². The maximum Gasteiger partial charge on any atom is 0.360 e. The van der Waals surface area contributed by atoms with Crippen molar-refractivity contribution in [2.24, 2.45) is 0 Å². The molecule has 1 N–H and O–H groups in total. The smallest absolute Gasteiger partial charge is 0.360 e. The molecule has 0 spiro atoms. The number of carboxylic acids is 1. The Labute approximate surface area is 133 Å². The quantitative estimate of drug-likeness (QED) is 0.941. The number of aromatic nitrogens is 3. The SMILES string of the molecule is O=C(O)c1nn(-c2ccc(Cl)cc2)nc1N1CCCCCC1. The fraction of sp³-hybridized carbons (Fsp3) is 0.400. The molecule has 3 rings (SSSR count). The zero-order valence-corrected chi connectivity index (χ0v) is 12.8. The van der Waals surface area contributed by atoms with Gasteiger partial charge in [0.2, 0.25) is 5.69 Å². The number of benzene rings is 1. The van der Waals surface area contributed by atoms with Crippen LogP contribution in [0.1, 0.15) is 36.2 Å². The third-order valence-corrected chi connectivity index (χ3v) is 4.01. The molecule has 1 fully saturated rings. The van der Waals surface area contributed by atoms with Gasteiger partial charge >= 0.3 is 5.97 Å². The van der Waals surface area contributed by atoms with Gasteiger partial charge in [0.15, 0.2) is 5.82 Å². The Balaban J connectivity index is 1.98. The first-order chi connectivity index (χ1) is 10.6. The maximum absolute atomic E-state index is 11.5. The topological polar surface area (TPSA) is 71.2 Å². The molecule has 0 aliphatic carbocycles. The first-order valence-corrected chi connectivity index (χ1v) is 7.74. The van der Waals surface area contributed by atoms with Crippen molar-refractivity contribution in [2.75, 3.05) is 18.0 Å². The lowest BCUT2D eigenvalue weighted by Crippen LogP contribution is -2.26. The number of hydrogen-bond acceptors (Lipinski definition) is 4. The van der Waals surface area contributed by atoms with E-state index in [0.29, 0.717) is 16.5 Å². The predicted molar refractivity (Wildman–Crippen MR) is 84.0 cm³/mol. The summed E-state index contributed by atoms with van der Waals surface area (Å²) in [5, 5.41) is 18.6. The van der Waals surface area contributed by atoms with Crippen LogP contribution in [0.25, 0.3) is 5.69 Å². The second-order valence-electron chi connectivity index (χ2n) is 5.34. The van der Waals surface area contributed by atoms with Gasteiger partial charge in [0.25, 0.3) is 0 Å². The lowest BCUT2D eigenvalue weighted by atomic mass is 10.2. The molecule has 0 bridgehead atoms. The van der Waals surface area contributed by atoms with Crippen molar-refractivity contribution in [1.82, 2.24) is 15.0 Å². The lowest BCUT2D eigenvalue weighted by Gasteiger charge is -2.19. The number of nitrogens with zero attached hydrogens (tertiary/aromatic N) is 4. The number of rotatable bonds is 3. The minimum Gasteiger partial charge on any atom is -0.476 e. The zero-order valence-electron chi connectivity index (χ0n) is 12.1. The van der Waals surface area contributed by atoms with Gasteiger partial charge in [0, 0.05) is 18.1 Å². The second kappa shape index (κ2) is 6.36. The molecule has 0 atom stereocenters. The molecular weight excluding hydrogens is 304 g/mol. The molecule has 22 heavy (non-hydrogen) atoms. The van der Waals surface area contributed by atoms with Crippen molar-refractivity contribution in [1.29, 1.82) is 0 Å². The van der Waals surface area contributed by atoms with E-state index in [9.17, 15) is 9.90 Å². The van der Waals surface area contributed by atoms with E-state index in [1.165, 1.54) is 17.6 Å². The van der Waals surface area contributed by atoms with Crippen LogP contribution in [0.2, 0.25) is 5.02 Å². The Hall–Kier alpha value is -2.08. The molecule has 0 unspecified atom stereocenters. The fourth-order valence-electron chi connectivity index (χ4n) is 2.62. The Bertz CT molecular complexity index is 661. The number of carbonyl (C=O) groups is 1. The molecule has 1 saturated heterocycles. The molecule has 0 amide bonds. The molecule has 7 heteroatoms. The normalized spacial score (nSPS) is 15.6. The van der Waals surface area contributed by atoms with Crippen LogP contribution in [0, 0.1) is 0 Å². The van der Waals surface area contributed by atoms with Gasteiger partial charge < -0.3 is 10.0 Å². The van der Waals surface area contributed by atoms with Crippen molar-refractivity contribution in [3.05, 3.63) is 35.0 Å². The molecule has 0 saturated carbocycles. The highest BCUT2D eigenvalue weighted by molar-refractivity contribution is 6.30. The number of hydrogen-bond donors (Lipinski definition) is 1. The first kappa shape index (κ1) is 14.8. The minimum atomic E-state index is -1.06. The summed E-state index contributed by atoms with van der Waals surface area (Å²) in [5.41, 5.74) is 0.685. The molecule has 2 aromatic rings. The summed E-state index contributed by atoms with van der Waals surface area (Å²) in [6, 6.07) is 6.99. The van der Waals surface area contributed by atoms with E-state index in [0.717, 1.165) is 25.9 Å². The fourth-order valence-corrected chi connectivity index (χ4v) is 2.75. The van der Waals surface area contributed by atoms with Crippen LogP contribution in [-0.2, 0) is 0 Å². The van der Waals surface area contributed by atoms with Crippen molar-refractivity contribution >= 4 is 23.4 Å². The van der Waals surface area contributed by atoms with Gasteiger partial charge in [0.1, 0.15) is 0 Å². The number of anilines is 1. The number of aromatic carboxylic acids is 1. The minimum absolute atomic E-state index is 0.00292. The summed E-state index contributed by atoms with van der Waals surface area (Å²) < 4.78 is 0. The summed E-state index contributed by atoms with van der Waals surface area (Å²) in [7, 11) is 0. The average molecular weight is 321 g/mol. The highest BCUT2D eigenvalue weighted by Gasteiger charge is 2.24. The predicted octanol–water partition coefficient (Wildman–Crippen LogP) is 3.00. The van der Waals surface area contributed by atoms with Crippen molar-refractivity contribution in [3.63, 3.8) is 0 Å². The Morgan fingerprint density at radius 2 is 1.68 bits per heavy atom. The summed E-state index contributed by atoms with van der Waals surface area (Å²) in [6.07, 6.45) is 4.44. The van der Waals surface area contributed by atoms with Crippen LogP contribution in [0.4, 0.5) is 5.82 Å². The van der Waals surface area contributed by atoms with E-state index in [-0.39, 0.29) is 5.69 Å². The highest BCUT2D eigenvalue weighted by atomic mass is 35.5. The monoisotopic (exact) mass is 320 g/mol. The number of carboxylic acid groups (broad SMARTS) is 1. The molecule has 1 aromatic heterocycles. The Morgan fingerprint density at radius 1 is 1.05 bits per heavy atom. The molecule has 2 heterocycles. The van der Waals surface area contributed by atoms with Gasteiger partial charge in [-0.1, -0.05) is 24.4 Å². The summed E-state index contributed by atoms with van der Waals surface area (Å²) in [5.74, 6) is -0.608. The Morgan fingerprint density at radius 3 is 2.27 bits per heavy atom. The maximum atomic E-state index is 11.5.